The summed E-state index contributed by atoms with van der Waals surface area (Å²) in [4.78, 5) is 78.1. The van der Waals surface area contributed by atoms with E-state index in [2.05, 4.69) is 69.0 Å². The summed E-state index contributed by atoms with van der Waals surface area (Å²) in [6, 6.07) is 17.9. The van der Waals surface area contributed by atoms with Crippen LogP contribution in [0, 0.1) is 0 Å². The van der Waals surface area contributed by atoms with E-state index in [4.69, 9.17) is 79.2 Å². The number of carbonyl (C=O) groups is 8. The van der Waals surface area contributed by atoms with Gasteiger partial charge in [-0.15, -0.1) is 0 Å². The minimum atomic E-state index is -1.82. The van der Waals surface area contributed by atoms with Crippen LogP contribution in [0.25, 0.3) is 0 Å². The van der Waals surface area contributed by atoms with Crippen LogP contribution in [0.3, 0.4) is 0 Å². The molecule has 2 aliphatic heterocycles. The largest absolute Gasteiger partial charge is 0.473 e. The second-order valence-corrected chi connectivity index (χ2v) is 16.7. The summed E-state index contributed by atoms with van der Waals surface area (Å²) in [6.45, 7) is 11.9. The van der Waals surface area contributed by atoms with Crippen LogP contribution in [-0.4, -0.2) is 162 Å². The van der Waals surface area contributed by atoms with Crippen molar-refractivity contribution in [3.05, 3.63) is 70.8 Å². The number of carboxylic acids is 8. The summed E-state index contributed by atoms with van der Waals surface area (Å²) in [5.74, 6) is -12.2. The Balaban J connectivity index is 0.00000135. The number of nitrogens with zero attached hydrogens (tertiary/aromatic N) is 2. The number of hydrogen-bond acceptors (Lipinski definition) is 14. The molecule has 0 saturated carbocycles. The normalized spacial score (nSPS) is 12.6. The Kier molecular flexibility index (Phi) is 34.1. The number of unbranched alkanes of at least 4 members (excludes halogenated alkanes) is 6. The van der Waals surface area contributed by atoms with Crippen LogP contribution in [0.4, 0.5) is 0 Å². The van der Waals surface area contributed by atoms with Gasteiger partial charge in [-0.2, -0.15) is 0 Å². The third-order valence-corrected chi connectivity index (χ3v) is 11.5. The number of fused-ring (bicyclic) bond motifs is 2. The number of aliphatic carboxylic acids is 8. The second-order valence-electron chi connectivity index (χ2n) is 14.0. The van der Waals surface area contributed by atoms with Crippen LogP contribution >= 0.6 is 21.6 Å². The molecule has 0 spiro atoms. The molecule has 0 radical (unpaired) electrons. The maximum absolute atomic E-state index is 9.10. The first-order valence-electron chi connectivity index (χ1n) is 20.5. The maximum atomic E-state index is 9.10. The van der Waals surface area contributed by atoms with Crippen molar-refractivity contribution in [1.29, 1.82) is 0 Å². The minimum Gasteiger partial charge on any atom is -0.473 e. The summed E-state index contributed by atoms with van der Waals surface area (Å²) in [7, 11) is 4.05. The summed E-state index contributed by atoms with van der Waals surface area (Å²) in [6.07, 6.45) is 13.2. The molecular formula is C42H62N4O16S2. The number of rotatable bonds is 21. The Morgan fingerprint density at radius 3 is 0.984 bits per heavy atom. The standard InChI is InChI=1S/C34H54N4S2.4C2H2O4/c1(3-11-23-37-25-17-31-13-5-7-15-33(31)29-37)9-19-35-21-27-39-40-28-22-36-20-10-2-4-12-24-38-26-18-32-14-6-8-16-34(32)30-38;4*3-1(4)2(5)6/h5-8,13-16,35-36H,1-4,9-12,17-30H2;4*(H,3,4)(H,5,6). The van der Waals surface area contributed by atoms with Crippen molar-refractivity contribution in [2.24, 2.45) is 0 Å². The Bertz CT molecular complexity index is 1520. The summed E-state index contributed by atoms with van der Waals surface area (Å²) in [5, 5.41) is 66.4. The van der Waals surface area contributed by atoms with E-state index in [9.17, 15) is 0 Å². The lowest BCUT2D eigenvalue weighted by Crippen LogP contribution is -2.31. The number of hydrogen-bond donors (Lipinski definition) is 10. The smallest absolute Gasteiger partial charge is 0.414 e. The second kappa shape index (κ2) is 37.1. The van der Waals surface area contributed by atoms with Gasteiger partial charge in [0.15, 0.2) is 0 Å². The zero-order chi connectivity index (χ0) is 48.1. The topological polar surface area (TPSA) is 329 Å². The van der Waals surface area contributed by atoms with Gasteiger partial charge >= 0.3 is 47.8 Å². The summed E-state index contributed by atoms with van der Waals surface area (Å²) in [5.41, 5.74) is 6.21. The molecule has 0 fully saturated rings. The van der Waals surface area contributed by atoms with E-state index in [1.165, 1.54) is 115 Å². The lowest BCUT2D eigenvalue weighted by Gasteiger charge is -2.28. The fourth-order valence-electron chi connectivity index (χ4n) is 5.96. The molecule has 0 aromatic heterocycles. The third-order valence-electron chi connectivity index (χ3n) is 9.11. The molecule has 0 amide bonds. The van der Waals surface area contributed by atoms with Gasteiger partial charge in [-0.3, -0.25) is 9.80 Å². The van der Waals surface area contributed by atoms with E-state index in [0.717, 1.165) is 26.2 Å². The van der Waals surface area contributed by atoms with Gasteiger partial charge in [-0.1, -0.05) is 95.8 Å². The van der Waals surface area contributed by atoms with E-state index in [0.29, 0.717) is 0 Å². The van der Waals surface area contributed by atoms with Gasteiger partial charge in [-0.25, -0.2) is 38.4 Å². The zero-order valence-corrected chi connectivity index (χ0v) is 37.4. The quantitative estimate of drug-likeness (QED) is 0.0487. The number of nitrogens with one attached hydrogen (secondary N) is 2. The summed E-state index contributed by atoms with van der Waals surface area (Å²) >= 11 is 0. The van der Waals surface area contributed by atoms with E-state index in [1.54, 1.807) is 22.3 Å². The molecule has 2 aromatic carbocycles. The van der Waals surface area contributed by atoms with Crippen molar-refractivity contribution in [3.8, 4) is 0 Å². The van der Waals surface area contributed by atoms with Crippen LogP contribution in [0.15, 0.2) is 48.5 Å². The van der Waals surface area contributed by atoms with Gasteiger partial charge in [0.1, 0.15) is 0 Å². The predicted molar refractivity (Wildman–Crippen MR) is 240 cm³/mol. The van der Waals surface area contributed by atoms with Gasteiger partial charge in [0.2, 0.25) is 0 Å². The molecule has 0 bridgehead atoms. The molecule has 22 heteroatoms. The molecule has 2 heterocycles. The first-order chi connectivity index (χ1) is 30.5. The molecule has 2 aromatic rings. The van der Waals surface area contributed by atoms with Crippen molar-refractivity contribution in [1.82, 2.24) is 20.4 Å². The Labute approximate surface area is 379 Å². The fraction of sp³-hybridized carbons (Fsp3) is 0.524. The first kappa shape index (κ1) is 58.7. The van der Waals surface area contributed by atoms with Crippen LogP contribution in [0.1, 0.15) is 73.6 Å². The Morgan fingerprint density at radius 1 is 0.406 bits per heavy atom. The monoisotopic (exact) mass is 942 g/mol. The Hall–Kier alpha value is -5.26. The molecule has 0 saturated heterocycles. The molecule has 0 atom stereocenters. The van der Waals surface area contributed by atoms with E-state index >= 15 is 0 Å². The van der Waals surface area contributed by atoms with Crippen molar-refractivity contribution in [2.75, 3.05) is 63.9 Å². The van der Waals surface area contributed by atoms with Gasteiger partial charge in [-0.05, 0) is 87.0 Å². The highest BCUT2D eigenvalue weighted by Crippen LogP contribution is 2.21. The lowest BCUT2D eigenvalue weighted by molar-refractivity contribution is -0.159. The summed E-state index contributed by atoms with van der Waals surface area (Å²) < 4.78 is 0. The molecule has 4 rings (SSSR count). The lowest BCUT2D eigenvalue weighted by atomic mass is 10.00. The van der Waals surface area contributed by atoms with Gasteiger partial charge < -0.3 is 51.5 Å². The van der Waals surface area contributed by atoms with Crippen LogP contribution in [-0.2, 0) is 64.3 Å². The highest BCUT2D eigenvalue weighted by atomic mass is 33.1. The van der Waals surface area contributed by atoms with Crippen LogP contribution in [0.5, 0.6) is 0 Å². The van der Waals surface area contributed by atoms with Gasteiger partial charge in [0, 0.05) is 50.8 Å². The number of carboxylic acid groups (broad SMARTS) is 8. The third kappa shape index (κ3) is 32.4. The molecule has 2 aliphatic rings. The molecule has 0 aliphatic carbocycles. The van der Waals surface area contributed by atoms with Crippen molar-refractivity contribution >= 4 is 69.3 Å². The average Bonchev–Trinajstić information content (AvgIpc) is 3.26. The molecule has 358 valence electrons. The molecular weight excluding hydrogens is 881 g/mol. The van der Waals surface area contributed by atoms with Crippen molar-refractivity contribution < 1.29 is 79.2 Å². The number of benzene rings is 2. The average molecular weight is 943 g/mol. The molecule has 10 N–H and O–H groups in total. The Morgan fingerprint density at radius 2 is 0.688 bits per heavy atom. The minimum absolute atomic E-state index is 1.14. The molecule has 64 heavy (non-hydrogen) atoms. The van der Waals surface area contributed by atoms with Gasteiger partial charge in [0.05, 0.1) is 0 Å². The molecule has 20 nitrogen and oxygen atoms in total. The SMILES string of the molecule is O=C(O)C(=O)O.O=C(O)C(=O)O.O=C(O)C(=O)O.O=C(O)C(=O)O.c1ccc2c(c1)CCN(CCCCCCNCCSSCCNCCCCCCN1CCc3ccccc3C1)C2. The fourth-order valence-corrected chi connectivity index (χ4v) is 7.86. The van der Waals surface area contributed by atoms with Crippen LogP contribution < -0.4 is 10.6 Å². The zero-order valence-electron chi connectivity index (χ0n) is 35.7. The van der Waals surface area contributed by atoms with E-state index in [1.807, 2.05) is 21.6 Å². The van der Waals surface area contributed by atoms with E-state index < -0.39 is 47.8 Å². The first-order valence-corrected chi connectivity index (χ1v) is 23.0. The van der Waals surface area contributed by atoms with E-state index in [-0.39, 0.29) is 0 Å². The maximum Gasteiger partial charge on any atom is 0.414 e. The predicted octanol–water partition coefficient (Wildman–Crippen LogP) is 3.41. The van der Waals surface area contributed by atoms with Crippen molar-refractivity contribution in [2.45, 2.75) is 77.3 Å². The van der Waals surface area contributed by atoms with Crippen molar-refractivity contribution in [3.63, 3.8) is 0 Å². The van der Waals surface area contributed by atoms with Gasteiger partial charge in [0.25, 0.3) is 0 Å². The highest BCUT2D eigenvalue weighted by Gasteiger charge is 2.16. The van der Waals surface area contributed by atoms with Crippen LogP contribution in [0.2, 0.25) is 0 Å². The molecule has 0 unspecified atom stereocenters. The highest BCUT2D eigenvalue weighted by molar-refractivity contribution is 8.76.